The van der Waals surface area contributed by atoms with E-state index in [1.165, 1.54) is 0 Å². The molecule has 0 unspecified atom stereocenters. The van der Waals surface area contributed by atoms with Crippen LogP contribution in [-0.2, 0) is 20.9 Å². The number of pyridine rings is 1. The number of carbonyl (C=O) groups is 2. The largest absolute Gasteiger partial charge is 0.380 e. The van der Waals surface area contributed by atoms with Crippen molar-refractivity contribution < 1.29 is 14.3 Å². The van der Waals surface area contributed by atoms with Crippen LogP contribution in [0.4, 0.5) is 0 Å². The molecule has 27 heavy (non-hydrogen) atoms. The number of hydrogen-bond donors (Lipinski definition) is 1. The third-order valence-corrected chi connectivity index (χ3v) is 6.06. The lowest BCUT2D eigenvalue weighted by Gasteiger charge is -2.25. The number of ether oxygens (including phenoxy) is 1. The fraction of sp³-hybridized carbons (Fsp3) is 0.350. The number of carbonyl (C=O) groups excluding carboxylic acids is 2. The molecule has 0 bridgehead atoms. The van der Waals surface area contributed by atoms with Crippen LogP contribution in [0.1, 0.15) is 10.6 Å². The maximum absolute atomic E-state index is 13.0. The molecule has 1 N–H and O–H groups in total. The van der Waals surface area contributed by atoms with Crippen molar-refractivity contribution in [2.24, 2.45) is 11.3 Å². The molecule has 140 valence electrons. The molecular formula is C20H21N3O3S. The first-order chi connectivity index (χ1) is 13.2. The molecule has 2 saturated heterocycles. The highest BCUT2D eigenvalue weighted by Gasteiger charge is 2.56. The Morgan fingerprint density at radius 1 is 1.37 bits per heavy atom. The fourth-order valence-corrected chi connectivity index (χ4v) is 4.34. The molecule has 2 aromatic heterocycles. The molecule has 4 rings (SSSR count). The summed E-state index contributed by atoms with van der Waals surface area (Å²) in [6, 6.07) is 9.53. The Morgan fingerprint density at radius 3 is 3.07 bits per heavy atom. The summed E-state index contributed by atoms with van der Waals surface area (Å²) >= 11 is 1.59. The highest BCUT2D eigenvalue weighted by Crippen LogP contribution is 2.41. The van der Waals surface area contributed by atoms with Gasteiger partial charge in [0.1, 0.15) is 0 Å². The first-order valence-corrected chi connectivity index (χ1v) is 9.82. The van der Waals surface area contributed by atoms with E-state index in [1.54, 1.807) is 28.5 Å². The summed E-state index contributed by atoms with van der Waals surface area (Å²) in [4.78, 5) is 32.6. The smallest absolute Gasteiger partial charge is 0.246 e. The normalized spacial score (nSPS) is 24.3. The van der Waals surface area contributed by atoms with Crippen molar-refractivity contribution in [2.45, 2.75) is 6.54 Å². The SMILES string of the molecule is O=C(/C=C/c1cccs1)N1C[C@@H]2COC[C@]2(C(=O)NCc2ccccn2)C1. The van der Waals surface area contributed by atoms with E-state index < -0.39 is 5.41 Å². The number of likely N-dealkylation sites (tertiary alicyclic amines) is 1. The second kappa shape index (κ2) is 7.62. The molecule has 0 radical (unpaired) electrons. The quantitative estimate of drug-likeness (QED) is 0.801. The van der Waals surface area contributed by atoms with Gasteiger partial charge in [0.15, 0.2) is 0 Å². The van der Waals surface area contributed by atoms with Gasteiger partial charge in [-0.05, 0) is 29.7 Å². The Morgan fingerprint density at radius 2 is 2.30 bits per heavy atom. The minimum atomic E-state index is -0.665. The van der Waals surface area contributed by atoms with Crippen molar-refractivity contribution in [1.82, 2.24) is 15.2 Å². The number of rotatable bonds is 5. The van der Waals surface area contributed by atoms with Crippen LogP contribution in [-0.4, -0.2) is 48.0 Å². The summed E-state index contributed by atoms with van der Waals surface area (Å²) in [5, 5.41) is 4.96. The first-order valence-electron chi connectivity index (χ1n) is 8.94. The average molecular weight is 383 g/mol. The summed E-state index contributed by atoms with van der Waals surface area (Å²) in [7, 11) is 0. The van der Waals surface area contributed by atoms with Crippen molar-refractivity contribution in [3.63, 3.8) is 0 Å². The fourth-order valence-electron chi connectivity index (χ4n) is 3.72. The molecule has 0 aromatic carbocycles. The lowest BCUT2D eigenvalue weighted by molar-refractivity contribution is -0.132. The Kier molecular flexibility index (Phi) is 5.05. The van der Waals surface area contributed by atoms with E-state index in [-0.39, 0.29) is 17.7 Å². The molecule has 2 aliphatic rings. The van der Waals surface area contributed by atoms with Crippen molar-refractivity contribution in [2.75, 3.05) is 26.3 Å². The van der Waals surface area contributed by atoms with Gasteiger partial charge in [0, 0.05) is 36.2 Å². The number of thiophene rings is 1. The second-order valence-corrected chi connectivity index (χ2v) is 7.92. The van der Waals surface area contributed by atoms with Gasteiger partial charge in [-0.1, -0.05) is 12.1 Å². The standard InChI is InChI=1S/C20H21N3O3S/c24-18(7-6-17-5-3-9-27-17)23-11-15-12-26-14-20(15,13-23)19(25)22-10-16-4-1-2-8-21-16/h1-9,15H,10-14H2,(H,22,25)/b7-6+/t15-,20-/m1/s1. The summed E-state index contributed by atoms with van der Waals surface area (Å²) in [6.45, 7) is 2.17. The summed E-state index contributed by atoms with van der Waals surface area (Å²) in [6.07, 6.45) is 5.12. The lowest BCUT2D eigenvalue weighted by Crippen LogP contribution is -2.46. The van der Waals surface area contributed by atoms with E-state index in [1.807, 2.05) is 41.8 Å². The third-order valence-electron chi connectivity index (χ3n) is 5.23. The van der Waals surface area contributed by atoms with Gasteiger partial charge in [-0.2, -0.15) is 0 Å². The molecule has 2 aliphatic heterocycles. The van der Waals surface area contributed by atoms with Gasteiger partial charge in [-0.15, -0.1) is 11.3 Å². The van der Waals surface area contributed by atoms with Gasteiger partial charge < -0.3 is 15.0 Å². The van der Waals surface area contributed by atoms with Crippen LogP contribution in [0.25, 0.3) is 6.08 Å². The number of nitrogens with one attached hydrogen (secondary N) is 1. The Bertz CT molecular complexity index is 837. The van der Waals surface area contributed by atoms with Crippen LogP contribution in [0.15, 0.2) is 48.0 Å². The molecule has 0 aliphatic carbocycles. The van der Waals surface area contributed by atoms with Crippen LogP contribution in [0.2, 0.25) is 0 Å². The number of nitrogens with zero attached hydrogens (tertiary/aromatic N) is 2. The van der Waals surface area contributed by atoms with E-state index in [9.17, 15) is 9.59 Å². The van der Waals surface area contributed by atoms with Crippen LogP contribution < -0.4 is 5.32 Å². The van der Waals surface area contributed by atoms with Crippen LogP contribution in [0.3, 0.4) is 0 Å². The minimum absolute atomic E-state index is 0.0281. The highest BCUT2D eigenvalue weighted by atomic mass is 32.1. The predicted molar refractivity (Wildman–Crippen MR) is 103 cm³/mol. The molecule has 6 nitrogen and oxygen atoms in total. The number of amides is 2. The minimum Gasteiger partial charge on any atom is -0.380 e. The monoisotopic (exact) mass is 383 g/mol. The van der Waals surface area contributed by atoms with Gasteiger partial charge in [0.05, 0.1) is 30.9 Å². The second-order valence-electron chi connectivity index (χ2n) is 6.94. The Hall–Kier alpha value is -2.51. The molecule has 7 heteroatoms. The summed E-state index contributed by atoms with van der Waals surface area (Å²) in [5.74, 6) is -0.0942. The lowest BCUT2D eigenvalue weighted by atomic mass is 9.80. The first kappa shape index (κ1) is 17.9. The number of aromatic nitrogens is 1. The van der Waals surface area contributed by atoms with E-state index in [2.05, 4.69) is 10.3 Å². The average Bonchev–Trinajstić information content (AvgIpc) is 3.40. The molecular weight excluding hydrogens is 362 g/mol. The predicted octanol–water partition coefficient (Wildman–Crippen LogP) is 1.95. The maximum atomic E-state index is 13.0. The topological polar surface area (TPSA) is 71.5 Å². The van der Waals surface area contributed by atoms with Crippen LogP contribution >= 0.6 is 11.3 Å². The van der Waals surface area contributed by atoms with Gasteiger partial charge >= 0.3 is 0 Å². The van der Waals surface area contributed by atoms with Gasteiger partial charge in [0.2, 0.25) is 11.8 Å². The molecule has 2 atom stereocenters. The summed E-state index contributed by atoms with van der Waals surface area (Å²) < 4.78 is 5.60. The molecule has 0 saturated carbocycles. The molecule has 2 fully saturated rings. The van der Waals surface area contributed by atoms with Crippen LogP contribution in [0, 0.1) is 11.3 Å². The molecule has 4 heterocycles. The van der Waals surface area contributed by atoms with E-state index in [4.69, 9.17) is 4.74 Å². The van der Waals surface area contributed by atoms with Crippen LogP contribution in [0.5, 0.6) is 0 Å². The zero-order valence-corrected chi connectivity index (χ0v) is 15.7. The van der Waals surface area contributed by atoms with Crippen molar-refractivity contribution in [3.8, 4) is 0 Å². The van der Waals surface area contributed by atoms with E-state index in [0.717, 1.165) is 10.6 Å². The number of fused-ring (bicyclic) bond motifs is 1. The molecule has 0 spiro atoms. The summed E-state index contributed by atoms with van der Waals surface area (Å²) in [5.41, 5.74) is 0.142. The zero-order chi connectivity index (χ0) is 18.7. The Balaban J connectivity index is 1.42. The van der Waals surface area contributed by atoms with Crippen molar-refractivity contribution in [1.29, 1.82) is 0 Å². The highest BCUT2D eigenvalue weighted by molar-refractivity contribution is 7.10. The van der Waals surface area contributed by atoms with E-state index >= 15 is 0 Å². The van der Waals surface area contributed by atoms with Crippen molar-refractivity contribution in [3.05, 3.63) is 58.6 Å². The maximum Gasteiger partial charge on any atom is 0.246 e. The zero-order valence-electron chi connectivity index (χ0n) is 14.8. The van der Waals surface area contributed by atoms with Gasteiger partial charge in [-0.25, -0.2) is 0 Å². The van der Waals surface area contributed by atoms with Gasteiger partial charge in [0.25, 0.3) is 0 Å². The molecule has 2 aromatic rings. The number of hydrogen-bond acceptors (Lipinski definition) is 5. The Labute approximate surface area is 161 Å². The third kappa shape index (κ3) is 3.65. The van der Waals surface area contributed by atoms with Gasteiger partial charge in [-0.3, -0.25) is 14.6 Å². The van der Waals surface area contributed by atoms with Crippen molar-refractivity contribution >= 4 is 29.2 Å². The van der Waals surface area contributed by atoms with E-state index in [0.29, 0.717) is 32.8 Å². The molecule has 2 amide bonds.